The van der Waals surface area contributed by atoms with E-state index in [0.29, 0.717) is 0 Å². The summed E-state index contributed by atoms with van der Waals surface area (Å²) < 4.78 is 5.24. The Morgan fingerprint density at radius 2 is 1.92 bits per heavy atom. The Balaban J connectivity index is 0.000000605. The number of fused-ring (bicyclic) bond motifs is 1. The van der Waals surface area contributed by atoms with Crippen LogP contribution in [0.5, 0.6) is 5.75 Å². The van der Waals surface area contributed by atoms with E-state index in [0.717, 1.165) is 12.2 Å². The Morgan fingerprint density at radius 1 is 1.17 bits per heavy atom. The van der Waals surface area contributed by atoms with Crippen LogP contribution < -0.4 is 4.74 Å². The van der Waals surface area contributed by atoms with Gasteiger partial charge in [-0.2, -0.15) is 0 Å². The van der Waals surface area contributed by atoms with Crippen LogP contribution in [0.4, 0.5) is 0 Å². The third-order valence-corrected chi connectivity index (χ3v) is 1.60. The van der Waals surface area contributed by atoms with Crippen molar-refractivity contribution in [2.75, 3.05) is 0 Å². The van der Waals surface area contributed by atoms with Gasteiger partial charge in [-0.15, -0.1) is 0 Å². The number of rotatable bonds is 0. The molecule has 0 unspecified atom stereocenters. The predicted molar refractivity (Wildman–Crippen MR) is 45.7 cm³/mol. The van der Waals surface area contributed by atoms with Crippen LogP contribution in [0, 0.1) is 0 Å². The summed E-state index contributed by atoms with van der Waals surface area (Å²) in [5.74, 6) is 0.991. The van der Waals surface area contributed by atoms with Gasteiger partial charge in [0, 0.05) is 34.4 Å². The van der Waals surface area contributed by atoms with E-state index >= 15 is 0 Å². The maximum Gasteiger partial charge on any atom is 0.130 e. The van der Waals surface area contributed by atoms with E-state index in [-0.39, 0.29) is 34.4 Å². The second-order valence-electron chi connectivity index (χ2n) is 2.30. The van der Waals surface area contributed by atoms with Gasteiger partial charge in [-0.3, -0.25) is 0 Å². The normalized spacial score (nSPS) is 11.7. The molecule has 0 N–H and O–H groups in total. The molecular formula is C9H8AlMnO. The van der Waals surface area contributed by atoms with Crippen LogP contribution in [-0.2, 0) is 23.5 Å². The molecule has 0 aliphatic carbocycles. The van der Waals surface area contributed by atoms with Gasteiger partial charge in [-0.1, -0.05) is 18.2 Å². The molecule has 0 saturated heterocycles. The first-order valence-electron chi connectivity index (χ1n) is 3.36. The molecule has 3 heteroatoms. The predicted octanol–water partition coefficient (Wildman–Crippen LogP) is 1.75. The second kappa shape index (κ2) is 5.46. The number of hydrogen-bond acceptors (Lipinski definition) is 1. The molecule has 0 bridgehead atoms. The number of benzene rings is 1. The second-order valence-corrected chi connectivity index (χ2v) is 2.30. The van der Waals surface area contributed by atoms with Crippen LogP contribution in [0.2, 0.25) is 0 Å². The van der Waals surface area contributed by atoms with Crippen LogP contribution >= 0.6 is 0 Å². The zero-order valence-corrected chi connectivity index (χ0v) is 8.87. The van der Waals surface area contributed by atoms with Crippen molar-refractivity contribution in [2.24, 2.45) is 0 Å². The van der Waals surface area contributed by atoms with E-state index in [1.807, 2.05) is 24.3 Å². The van der Waals surface area contributed by atoms with Crippen LogP contribution in [0.1, 0.15) is 5.56 Å². The monoisotopic (exact) mass is 214 g/mol. The molecule has 0 amide bonds. The third kappa shape index (κ3) is 2.40. The zero-order valence-electron chi connectivity index (χ0n) is 6.53. The van der Waals surface area contributed by atoms with Gasteiger partial charge in [0.05, 0.1) is 6.26 Å². The molecular weight excluding hydrogens is 206 g/mol. The van der Waals surface area contributed by atoms with Crippen molar-refractivity contribution in [1.29, 1.82) is 0 Å². The average Bonchev–Trinajstić information content (AvgIpc) is 2.05. The molecule has 2 rings (SSSR count). The van der Waals surface area contributed by atoms with Gasteiger partial charge in [0.2, 0.25) is 0 Å². The van der Waals surface area contributed by atoms with Gasteiger partial charge in [-0.05, 0) is 24.1 Å². The van der Waals surface area contributed by atoms with Crippen LogP contribution in [-0.4, -0.2) is 17.4 Å². The van der Waals surface area contributed by atoms with Gasteiger partial charge in [0.25, 0.3) is 0 Å². The Morgan fingerprint density at radius 3 is 2.67 bits per heavy atom. The summed E-state index contributed by atoms with van der Waals surface area (Å²) in [6, 6.07) is 8.08. The van der Waals surface area contributed by atoms with Crippen LogP contribution in [0.25, 0.3) is 0 Å². The van der Waals surface area contributed by atoms with Gasteiger partial charge in [-0.25, -0.2) is 0 Å². The Kier molecular flexibility index (Phi) is 5.37. The van der Waals surface area contributed by atoms with E-state index in [9.17, 15) is 0 Å². The molecule has 0 spiro atoms. The Bertz CT molecular complexity index is 246. The molecule has 60 valence electrons. The Labute approximate surface area is 93.4 Å². The van der Waals surface area contributed by atoms with Crippen molar-refractivity contribution in [1.82, 2.24) is 0 Å². The molecule has 12 heavy (non-hydrogen) atoms. The number of para-hydroxylation sites is 1. The average molecular weight is 214 g/mol. The summed E-state index contributed by atoms with van der Waals surface area (Å²) in [6.45, 7) is 0. The van der Waals surface area contributed by atoms with Crippen LogP contribution in [0.15, 0.2) is 36.6 Å². The van der Waals surface area contributed by atoms with E-state index in [2.05, 4.69) is 6.07 Å². The fourth-order valence-electron chi connectivity index (χ4n) is 1.08. The van der Waals surface area contributed by atoms with Gasteiger partial charge in [0.15, 0.2) is 0 Å². The summed E-state index contributed by atoms with van der Waals surface area (Å²) in [5, 5.41) is 0. The smallest absolute Gasteiger partial charge is 0.130 e. The van der Waals surface area contributed by atoms with Crippen LogP contribution in [0.3, 0.4) is 0 Å². The topological polar surface area (TPSA) is 9.23 Å². The summed E-state index contributed by atoms with van der Waals surface area (Å²) in [5.41, 5.74) is 1.27. The number of allylic oxidation sites excluding steroid dienone is 1. The zero-order chi connectivity index (χ0) is 6.81. The largest absolute Gasteiger partial charge is 0.465 e. The molecule has 1 aliphatic rings. The van der Waals surface area contributed by atoms with Crippen molar-refractivity contribution in [3.8, 4) is 5.75 Å². The third-order valence-electron chi connectivity index (χ3n) is 1.60. The molecule has 0 aromatic heterocycles. The van der Waals surface area contributed by atoms with Crippen molar-refractivity contribution in [2.45, 2.75) is 6.42 Å². The summed E-state index contributed by atoms with van der Waals surface area (Å²) in [7, 11) is 0. The molecule has 4 radical (unpaired) electrons. The molecule has 1 nitrogen and oxygen atoms in total. The van der Waals surface area contributed by atoms with E-state index in [1.165, 1.54) is 5.56 Å². The first kappa shape index (κ1) is 11.8. The van der Waals surface area contributed by atoms with Crippen molar-refractivity contribution >= 4 is 17.4 Å². The molecule has 1 aliphatic heterocycles. The number of ether oxygens (including phenoxy) is 1. The Hall–Kier alpha value is -0.188. The molecule has 1 heterocycles. The quantitative estimate of drug-likeness (QED) is 0.598. The minimum Gasteiger partial charge on any atom is -0.465 e. The minimum atomic E-state index is 0. The maximum absolute atomic E-state index is 5.24. The first-order chi connectivity index (χ1) is 4.97. The maximum atomic E-state index is 5.24. The molecule has 1 aromatic carbocycles. The molecule has 0 fully saturated rings. The molecule has 0 saturated carbocycles. The fraction of sp³-hybridized carbons (Fsp3) is 0.111. The van der Waals surface area contributed by atoms with E-state index in [4.69, 9.17) is 4.74 Å². The SMILES string of the molecule is C1=COc2ccccc2C1.[Al].[Mn]. The summed E-state index contributed by atoms with van der Waals surface area (Å²) >= 11 is 0. The molecule has 1 aromatic rings. The standard InChI is InChI=1S/C9H8O.Al.Mn/c1-2-6-9-8(4-1)5-3-7-10-9;;/h1-4,6-7H,5H2;;. The van der Waals surface area contributed by atoms with E-state index < -0.39 is 0 Å². The summed E-state index contributed by atoms with van der Waals surface area (Å²) in [4.78, 5) is 0. The van der Waals surface area contributed by atoms with Gasteiger partial charge < -0.3 is 4.74 Å². The fourth-order valence-corrected chi connectivity index (χ4v) is 1.08. The summed E-state index contributed by atoms with van der Waals surface area (Å²) in [6.07, 6.45) is 4.75. The number of hydrogen-bond donors (Lipinski definition) is 0. The van der Waals surface area contributed by atoms with E-state index in [1.54, 1.807) is 6.26 Å². The van der Waals surface area contributed by atoms with Gasteiger partial charge in [0.1, 0.15) is 5.75 Å². The first-order valence-corrected chi connectivity index (χ1v) is 3.36. The van der Waals surface area contributed by atoms with Crippen molar-refractivity contribution < 1.29 is 21.8 Å². The minimum absolute atomic E-state index is 0. The van der Waals surface area contributed by atoms with Crippen molar-refractivity contribution in [3.05, 3.63) is 42.2 Å². The molecule has 0 atom stereocenters. The van der Waals surface area contributed by atoms with Crippen molar-refractivity contribution in [3.63, 3.8) is 0 Å². The van der Waals surface area contributed by atoms with Gasteiger partial charge >= 0.3 is 0 Å².